The maximum absolute atomic E-state index is 13.0. The molecule has 27 heavy (non-hydrogen) atoms. The highest BCUT2D eigenvalue weighted by molar-refractivity contribution is 7.89. The molecule has 0 atom stereocenters. The molecule has 0 bridgehead atoms. The zero-order valence-electron chi connectivity index (χ0n) is 14.0. The van der Waals surface area contributed by atoms with Crippen LogP contribution in [0.3, 0.4) is 0 Å². The lowest BCUT2D eigenvalue weighted by Gasteiger charge is -2.14. The van der Waals surface area contributed by atoms with Gasteiger partial charge in [0.25, 0.3) is 0 Å². The Bertz CT molecular complexity index is 999. The highest BCUT2D eigenvalue weighted by atomic mass is 32.2. The van der Waals surface area contributed by atoms with Gasteiger partial charge >= 0.3 is 6.18 Å². The molecule has 0 fully saturated rings. The first-order valence-electron chi connectivity index (χ1n) is 7.95. The largest absolute Gasteiger partial charge is 0.417 e. The van der Waals surface area contributed by atoms with Crippen molar-refractivity contribution < 1.29 is 21.6 Å². The van der Waals surface area contributed by atoms with Crippen LogP contribution in [0.2, 0.25) is 0 Å². The molecule has 0 saturated heterocycles. The van der Waals surface area contributed by atoms with E-state index in [-0.39, 0.29) is 6.54 Å². The lowest BCUT2D eigenvalue weighted by Crippen LogP contribution is -2.26. The smallest absolute Gasteiger partial charge is 0.333 e. The van der Waals surface area contributed by atoms with Crippen LogP contribution >= 0.6 is 0 Å². The normalized spacial score (nSPS) is 12.3. The molecule has 1 N–H and O–H groups in total. The Morgan fingerprint density at radius 3 is 2.30 bits per heavy atom. The zero-order valence-corrected chi connectivity index (χ0v) is 14.8. The predicted octanol–water partition coefficient (Wildman–Crippen LogP) is 3.43. The number of imidazole rings is 1. The summed E-state index contributed by atoms with van der Waals surface area (Å²) in [5.74, 6) is 0. The van der Waals surface area contributed by atoms with Gasteiger partial charge in [-0.2, -0.15) is 13.2 Å². The van der Waals surface area contributed by atoms with Crippen LogP contribution in [-0.2, 0) is 29.3 Å². The number of nitrogens with zero attached hydrogens (tertiary/aromatic N) is 2. The van der Waals surface area contributed by atoms with Crippen LogP contribution in [0.4, 0.5) is 13.2 Å². The Labute approximate surface area is 154 Å². The number of alkyl halides is 3. The van der Waals surface area contributed by atoms with E-state index < -0.39 is 26.7 Å². The molecule has 1 aromatic heterocycles. The van der Waals surface area contributed by atoms with Gasteiger partial charge in [0.05, 0.1) is 16.8 Å². The van der Waals surface area contributed by atoms with Crippen molar-refractivity contribution in [3.63, 3.8) is 0 Å². The number of hydrogen-bond acceptors (Lipinski definition) is 3. The second-order valence-electron chi connectivity index (χ2n) is 5.87. The molecule has 0 spiro atoms. The Morgan fingerprint density at radius 1 is 1.00 bits per heavy atom. The third-order valence-corrected chi connectivity index (χ3v) is 5.36. The lowest BCUT2D eigenvalue weighted by atomic mass is 10.1. The summed E-state index contributed by atoms with van der Waals surface area (Å²) in [6.07, 6.45) is 0.419. The highest BCUT2D eigenvalue weighted by Gasteiger charge is 2.36. The molecule has 0 aliphatic heterocycles. The molecular weight excluding hydrogens is 379 g/mol. The van der Waals surface area contributed by atoms with Crippen molar-refractivity contribution in [2.75, 3.05) is 0 Å². The van der Waals surface area contributed by atoms with Crippen LogP contribution in [0.15, 0.2) is 72.1 Å². The third-order valence-electron chi connectivity index (χ3n) is 3.90. The number of rotatable bonds is 6. The molecular formula is C18H16F3N3O2S. The van der Waals surface area contributed by atoms with E-state index in [9.17, 15) is 21.6 Å². The zero-order chi connectivity index (χ0) is 19.5. The molecule has 142 valence electrons. The highest BCUT2D eigenvalue weighted by Crippen LogP contribution is 2.33. The quantitative estimate of drug-likeness (QED) is 0.696. The number of nitrogens with one attached hydrogen (secondary N) is 1. The van der Waals surface area contributed by atoms with Crippen molar-refractivity contribution in [2.24, 2.45) is 0 Å². The minimum Gasteiger partial charge on any atom is -0.333 e. The van der Waals surface area contributed by atoms with E-state index in [0.717, 1.165) is 23.8 Å². The average Bonchev–Trinajstić information content (AvgIpc) is 3.13. The molecule has 3 rings (SSSR count). The second-order valence-corrected chi connectivity index (χ2v) is 7.61. The van der Waals surface area contributed by atoms with Gasteiger partial charge < -0.3 is 4.57 Å². The van der Waals surface area contributed by atoms with Crippen LogP contribution in [0, 0.1) is 0 Å². The van der Waals surface area contributed by atoms with Gasteiger partial charge in [0.15, 0.2) is 0 Å². The summed E-state index contributed by atoms with van der Waals surface area (Å²) >= 11 is 0. The molecule has 0 aliphatic rings. The minimum absolute atomic E-state index is 0.111. The lowest BCUT2D eigenvalue weighted by molar-refractivity contribution is -0.139. The number of aromatic nitrogens is 2. The maximum Gasteiger partial charge on any atom is 0.417 e. The third kappa shape index (κ3) is 4.75. The van der Waals surface area contributed by atoms with Crippen LogP contribution in [-0.4, -0.2) is 18.0 Å². The SMILES string of the molecule is O=S(=O)(NCc1ccc(Cn2ccnc2)cc1)c1ccccc1C(F)(F)F. The number of sulfonamides is 1. The summed E-state index contributed by atoms with van der Waals surface area (Å²) in [7, 11) is -4.31. The van der Waals surface area contributed by atoms with E-state index >= 15 is 0 Å². The van der Waals surface area contributed by atoms with Gasteiger partial charge in [-0.3, -0.25) is 0 Å². The van der Waals surface area contributed by atoms with E-state index in [0.29, 0.717) is 12.1 Å². The van der Waals surface area contributed by atoms with Gasteiger partial charge in [0.1, 0.15) is 0 Å². The van der Waals surface area contributed by atoms with E-state index in [1.165, 1.54) is 6.07 Å². The average molecular weight is 395 g/mol. The van der Waals surface area contributed by atoms with Crippen molar-refractivity contribution >= 4 is 10.0 Å². The monoisotopic (exact) mass is 395 g/mol. The Balaban J connectivity index is 1.71. The molecule has 5 nitrogen and oxygen atoms in total. The van der Waals surface area contributed by atoms with Crippen molar-refractivity contribution in [1.82, 2.24) is 14.3 Å². The summed E-state index contributed by atoms with van der Waals surface area (Å²) < 4.78 is 67.9. The molecule has 0 radical (unpaired) electrons. The number of halogens is 3. The van der Waals surface area contributed by atoms with Crippen LogP contribution in [0.5, 0.6) is 0 Å². The van der Waals surface area contributed by atoms with Crippen LogP contribution in [0.25, 0.3) is 0 Å². The summed E-state index contributed by atoms with van der Waals surface area (Å²) in [4.78, 5) is 3.17. The first kappa shape index (κ1) is 19.1. The standard InChI is InChI=1S/C18H16F3N3O2S/c19-18(20,21)16-3-1-2-4-17(16)27(25,26)23-11-14-5-7-15(8-6-14)12-24-10-9-22-13-24/h1-10,13,23H,11-12H2. The molecule has 0 unspecified atom stereocenters. The van der Waals surface area contributed by atoms with Gasteiger partial charge in [-0.1, -0.05) is 36.4 Å². The van der Waals surface area contributed by atoms with E-state index in [2.05, 4.69) is 9.71 Å². The van der Waals surface area contributed by atoms with E-state index in [1.807, 2.05) is 22.9 Å². The fraction of sp³-hybridized carbons (Fsp3) is 0.167. The van der Waals surface area contributed by atoms with Gasteiger partial charge in [-0.15, -0.1) is 0 Å². The van der Waals surface area contributed by atoms with Gasteiger partial charge in [-0.05, 0) is 23.3 Å². The van der Waals surface area contributed by atoms with Crippen molar-refractivity contribution in [1.29, 1.82) is 0 Å². The van der Waals surface area contributed by atoms with Gasteiger partial charge in [0.2, 0.25) is 10.0 Å². The second kappa shape index (κ2) is 7.53. The summed E-state index contributed by atoms with van der Waals surface area (Å²) in [5, 5.41) is 0. The fourth-order valence-corrected chi connectivity index (χ4v) is 3.79. The summed E-state index contributed by atoms with van der Waals surface area (Å²) in [6, 6.07) is 11.2. The molecule has 3 aromatic rings. The van der Waals surface area contributed by atoms with Crippen LogP contribution in [0.1, 0.15) is 16.7 Å². The first-order chi connectivity index (χ1) is 12.8. The molecule has 1 heterocycles. The van der Waals surface area contributed by atoms with Gasteiger partial charge in [-0.25, -0.2) is 18.1 Å². The Hall–Kier alpha value is -2.65. The number of benzene rings is 2. The van der Waals surface area contributed by atoms with Crippen LogP contribution < -0.4 is 4.72 Å². The predicted molar refractivity (Wildman–Crippen MR) is 93.2 cm³/mol. The van der Waals surface area contributed by atoms with E-state index in [1.54, 1.807) is 24.7 Å². The van der Waals surface area contributed by atoms with E-state index in [4.69, 9.17) is 0 Å². The first-order valence-corrected chi connectivity index (χ1v) is 9.43. The Kier molecular flexibility index (Phi) is 5.33. The van der Waals surface area contributed by atoms with Crippen molar-refractivity contribution in [2.45, 2.75) is 24.2 Å². The van der Waals surface area contributed by atoms with Gasteiger partial charge in [0, 0.05) is 25.5 Å². The molecule has 2 aromatic carbocycles. The molecule has 0 amide bonds. The Morgan fingerprint density at radius 2 is 1.67 bits per heavy atom. The number of hydrogen-bond donors (Lipinski definition) is 1. The molecule has 0 saturated carbocycles. The molecule has 0 aliphatic carbocycles. The fourth-order valence-electron chi connectivity index (χ4n) is 2.54. The topological polar surface area (TPSA) is 64.0 Å². The molecule has 9 heteroatoms. The minimum atomic E-state index is -4.75. The van der Waals surface area contributed by atoms with Crippen molar-refractivity contribution in [3.8, 4) is 0 Å². The van der Waals surface area contributed by atoms with Crippen molar-refractivity contribution in [3.05, 3.63) is 83.9 Å². The maximum atomic E-state index is 13.0. The summed E-state index contributed by atoms with van der Waals surface area (Å²) in [6.45, 7) is 0.505. The summed E-state index contributed by atoms with van der Waals surface area (Å²) in [5.41, 5.74) is 0.438.